The summed E-state index contributed by atoms with van der Waals surface area (Å²) in [6.45, 7) is 5.55. The number of nitrogens with one attached hydrogen (secondary N) is 1. The molecule has 16 heavy (non-hydrogen) atoms. The predicted molar refractivity (Wildman–Crippen MR) is 60.0 cm³/mol. The van der Waals surface area contributed by atoms with Crippen LogP contribution in [0.2, 0.25) is 0 Å². The van der Waals surface area contributed by atoms with Crippen molar-refractivity contribution in [1.82, 2.24) is 5.32 Å². The molecular formula is C11H19N3O2. The van der Waals surface area contributed by atoms with Crippen molar-refractivity contribution in [2.24, 2.45) is 17.6 Å². The van der Waals surface area contributed by atoms with Gasteiger partial charge in [-0.05, 0) is 11.8 Å². The van der Waals surface area contributed by atoms with Crippen LogP contribution in [0.3, 0.4) is 0 Å². The fourth-order valence-electron chi connectivity index (χ4n) is 1.36. The van der Waals surface area contributed by atoms with Gasteiger partial charge in [0.25, 0.3) is 0 Å². The van der Waals surface area contributed by atoms with E-state index in [0.717, 1.165) is 0 Å². The standard InChI is InChI=1S/C11H19N3O2/c1-7(2)6-9(15)14-10(11(13)16)8(3)4-5-12/h7-8,10H,4,6H2,1-3H3,(H2,13,16)(H,14,15)/t8-,10+/m1/s1. The molecule has 0 heterocycles. The van der Waals surface area contributed by atoms with Crippen molar-refractivity contribution in [3.63, 3.8) is 0 Å². The number of nitriles is 1. The maximum absolute atomic E-state index is 11.5. The maximum Gasteiger partial charge on any atom is 0.240 e. The first kappa shape index (κ1) is 14.4. The second kappa shape index (κ2) is 6.83. The van der Waals surface area contributed by atoms with E-state index in [-0.39, 0.29) is 24.2 Å². The third kappa shape index (κ3) is 5.35. The van der Waals surface area contributed by atoms with E-state index in [1.165, 1.54) is 0 Å². The van der Waals surface area contributed by atoms with Crippen molar-refractivity contribution >= 4 is 11.8 Å². The number of nitrogens with zero attached hydrogens (tertiary/aromatic N) is 1. The zero-order valence-electron chi connectivity index (χ0n) is 9.99. The Hall–Kier alpha value is -1.57. The maximum atomic E-state index is 11.5. The van der Waals surface area contributed by atoms with E-state index in [2.05, 4.69) is 5.32 Å². The molecule has 3 N–H and O–H groups in total. The number of amides is 2. The Kier molecular flexibility index (Phi) is 6.16. The normalized spacial score (nSPS) is 13.9. The summed E-state index contributed by atoms with van der Waals surface area (Å²) in [6, 6.07) is 1.20. The SMILES string of the molecule is CC(C)CC(=O)N[C@H](C(N)=O)[C@H](C)CC#N. The zero-order valence-corrected chi connectivity index (χ0v) is 9.99. The first-order valence-corrected chi connectivity index (χ1v) is 5.34. The van der Waals surface area contributed by atoms with Crippen LogP contribution in [-0.4, -0.2) is 17.9 Å². The molecule has 0 aliphatic heterocycles. The lowest BCUT2D eigenvalue weighted by atomic mass is 9.98. The zero-order chi connectivity index (χ0) is 12.7. The summed E-state index contributed by atoms with van der Waals surface area (Å²) >= 11 is 0. The van der Waals surface area contributed by atoms with Gasteiger partial charge in [-0.15, -0.1) is 0 Å². The summed E-state index contributed by atoms with van der Waals surface area (Å²) in [4.78, 5) is 22.6. The summed E-state index contributed by atoms with van der Waals surface area (Å²) in [5.41, 5.74) is 5.18. The molecular weight excluding hydrogens is 206 g/mol. The Bertz CT molecular complexity index is 294. The van der Waals surface area contributed by atoms with E-state index < -0.39 is 11.9 Å². The van der Waals surface area contributed by atoms with E-state index in [4.69, 9.17) is 11.0 Å². The molecule has 5 nitrogen and oxygen atoms in total. The summed E-state index contributed by atoms with van der Waals surface area (Å²) < 4.78 is 0. The van der Waals surface area contributed by atoms with Crippen LogP contribution in [0.4, 0.5) is 0 Å². The minimum Gasteiger partial charge on any atom is -0.368 e. The van der Waals surface area contributed by atoms with E-state index in [0.29, 0.717) is 6.42 Å². The van der Waals surface area contributed by atoms with Gasteiger partial charge in [-0.1, -0.05) is 20.8 Å². The predicted octanol–water partition coefficient (Wildman–Crippen LogP) is 0.552. The summed E-state index contributed by atoms with van der Waals surface area (Å²) in [7, 11) is 0. The Labute approximate surface area is 96.0 Å². The average molecular weight is 225 g/mol. The van der Waals surface area contributed by atoms with Crippen LogP contribution < -0.4 is 11.1 Å². The van der Waals surface area contributed by atoms with Gasteiger partial charge in [0, 0.05) is 12.8 Å². The molecule has 0 saturated heterocycles. The fourth-order valence-corrected chi connectivity index (χ4v) is 1.36. The van der Waals surface area contributed by atoms with Gasteiger partial charge in [0.05, 0.1) is 6.07 Å². The van der Waals surface area contributed by atoms with E-state index in [1.54, 1.807) is 6.92 Å². The van der Waals surface area contributed by atoms with Gasteiger partial charge in [-0.2, -0.15) is 5.26 Å². The number of carbonyl (C=O) groups excluding carboxylic acids is 2. The second-order valence-electron chi connectivity index (χ2n) is 4.39. The van der Waals surface area contributed by atoms with E-state index in [9.17, 15) is 9.59 Å². The number of hydrogen-bond donors (Lipinski definition) is 2. The molecule has 90 valence electrons. The average Bonchev–Trinajstić information content (AvgIpc) is 2.12. The highest BCUT2D eigenvalue weighted by Crippen LogP contribution is 2.08. The van der Waals surface area contributed by atoms with E-state index in [1.807, 2.05) is 19.9 Å². The van der Waals surface area contributed by atoms with Crippen LogP contribution in [0.15, 0.2) is 0 Å². The summed E-state index contributed by atoms with van der Waals surface area (Å²) in [5, 5.41) is 11.1. The largest absolute Gasteiger partial charge is 0.368 e. The molecule has 0 bridgehead atoms. The molecule has 0 saturated carbocycles. The van der Waals surface area contributed by atoms with Crippen LogP contribution >= 0.6 is 0 Å². The van der Waals surface area contributed by atoms with Crippen molar-refractivity contribution in [2.45, 2.75) is 39.7 Å². The molecule has 0 aromatic heterocycles. The number of rotatable bonds is 6. The molecule has 0 radical (unpaired) electrons. The first-order valence-electron chi connectivity index (χ1n) is 5.34. The van der Waals surface area contributed by atoms with Crippen molar-refractivity contribution < 1.29 is 9.59 Å². The molecule has 2 atom stereocenters. The lowest BCUT2D eigenvalue weighted by Gasteiger charge is -2.20. The number of primary amides is 1. The van der Waals surface area contributed by atoms with Crippen LogP contribution in [-0.2, 0) is 9.59 Å². The Morgan fingerprint density at radius 3 is 2.31 bits per heavy atom. The smallest absolute Gasteiger partial charge is 0.240 e. The van der Waals surface area contributed by atoms with Crippen molar-refractivity contribution in [1.29, 1.82) is 5.26 Å². The molecule has 0 unspecified atom stereocenters. The Morgan fingerprint density at radius 1 is 1.38 bits per heavy atom. The van der Waals surface area contributed by atoms with Crippen molar-refractivity contribution in [3.05, 3.63) is 0 Å². The lowest BCUT2D eigenvalue weighted by Crippen LogP contribution is -2.48. The van der Waals surface area contributed by atoms with Crippen LogP contribution in [0.5, 0.6) is 0 Å². The van der Waals surface area contributed by atoms with Gasteiger partial charge < -0.3 is 11.1 Å². The highest BCUT2D eigenvalue weighted by Gasteiger charge is 2.24. The van der Waals surface area contributed by atoms with Crippen molar-refractivity contribution in [2.75, 3.05) is 0 Å². The van der Waals surface area contributed by atoms with Gasteiger partial charge in [0.15, 0.2) is 0 Å². The van der Waals surface area contributed by atoms with Crippen LogP contribution in [0, 0.1) is 23.2 Å². The Morgan fingerprint density at radius 2 is 1.94 bits per heavy atom. The van der Waals surface area contributed by atoms with Gasteiger partial charge in [-0.25, -0.2) is 0 Å². The molecule has 5 heteroatoms. The highest BCUT2D eigenvalue weighted by atomic mass is 16.2. The van der Waals surface area contributed by atoms with Gasteiger partial charge in [0.2, 0.25) is 11.8 Å². The number of carbonyl (C=O) groups is 2. The lowest BCUT2D eigenvalue weighted by molar-refractivity contribution is -0.128. The molecule has 0 aliphatic carbocycles. The molecule has 0 aromatic rings. The number of hydrogen-bond acceptors (Lipinski definition) is 3. The molecule has 0 spiro atoms. The third-order valence-electron chi connectivity index (χ3n) is 2.20. The topological polar surface area (TPSA) is 96.0 Å². The monoisotopic (exact) mass is 225 g/mol. The fraction of sp³-hybridized carbons (Fsp3) is 0.727. The minimum atomic E-state index is -0.758. The molecule has 2 amide bonds. The molecule has 0 fully saturated rings. The van der Waals surface area contributed by atoms with Gasteiger partial charge >= 0.3 is 0 Å². The Balaban J connectivity index is 4.40. The quantitative estimate of drug-likeness (QED) is 0.691. The second-order valence-corrected chi connectivity index (χ2v) is 4.39. The highest BCUT2D eigenvalue weighted by molar-refractivity contribution is 5.86. The number of nitrogens with two attached hydrogens (primary N) is 1. The molecule has 0 aliphatic rings. The van der Waals surface area contributed by atoms with Gasteiger partial charge in [-0.3, -0.25) is 9.59 Å². The van der Waals surface area contributed by atoms with E-state index >= 15 is 0 Å². The summed E-state index contributed by atoms with van der Waals surface area (Å²) in [6.07, 6.45) is 0.540. The molecule has 0 rings (SSSR count). The minimum absolute atomic E-state index is 0.190. The van der Waals surface area contributed by atoms with Crippen LogP contribution in [0.1, 0.15) is 33.6 Å². The van der Waals surface area contributed by atoms with Gasteiger partial charge in [0.1, 0.15) is 6.04 Å². The van der Waals surface area contributed by atoms with Crippen LogP contribution in [0.25, 0.3) is 0 Å². The first-order chi connectivity index (χ1) is 7.38. The molecule has 0 aromatic carbocycles. The third-order valence-corrected chi connectivity index (χ3v) is 2.20. The summed E-state index contributed by atoms with van der Waals surface area (Å²) in [5.74, 6) is -0.846. The van der Waals surface area contributed by atoms with Crippen molar-refractivity contribution in [3.8, 4) is 6.07 Å².